The van der Waals surface area contributed by atoms with E-state index >= 15 is 0 Å². The van der Waals surface area contributed by atoms with E-state index in [2.05, 4.69) is 51.8 Å². The van der Waals surface area contributed by atoms with Crippen molar-refractivity contribution < 1.29 is 0 Å². The smallest absolute Gasteiger partial charge is 0.183 e. The molecule has 5 nitrogen and oxygen atoms in total. The first-order valence-electron chi connectivity index (χ1n) is 5.07. The number of H-pyrrole nitrogens is 1. The maximum atomic E-state index is 5.77. The highest BCUT2D eigenvalue weighted by Gasteiger charge is 2.11. The zero-order chi connectivity index (χ0) is 12.7. The first-order valence-corrected chi connectivity index (χ1v) is 6.65. The molecule has 0 aliphatic rings. The summed E-state index contributed by atoms with van der Waals surface area (Å²) in [6, 6.07) is 5.86. The zero-order valence-electron chi connectivity index (χ0n) is 8.98. The van der Waals surface area contributed by atoms with E-state index < -0.39 is 0 Å². The number of aromatic nitrogens is 4. The van der Waals surface area contributed by atoms with Crippen molar-refractivity contribution in [3.05, 3.63) is 33.5 Å². The molecule has 0 bridgehead atoms. The Morgan fingerprint density at radius 2 is 2.00 bits per heavy atom. The van der Waals surface area contributed by atoms with E-state index in [1.54, 1.807) is 0 Å². The number of nitrogens with zero attached hydrogens (tertiary/aromatic N) is 3. The molecule has 0 unspecified atom stereocenters. The Hall–Kier alpha value is -1.47. The summed E-state index contributed by atoms with van der Waals surface area (Å²) in [6.45, 7) is 0. The number of hydrogen-bond donors (Lipinski definition) is 2. The number of nitrogens with two attached hydrogens (primary N) is 1. The van der Waals surface area contributed by atoms with Gasteiger partial charge in [-0.25, -0.2) is 15.0 Å². The van der Waals surface area contributed by atoms with E-state index in [1.807, 2.05) is 18.2 Å². The van der Waals surface area contributed by atoms with Crippen LogP contribution in [0.2, 0.25) is 0 Å². The van der Waals surface area contributed by atoms with Crippen molar-refractivity contribution >= 4 is 48.8 Å². The van der Waals surface area contributed by atoms with Gasteiger partial charge in [0, 0.05) is 14.5 Å². The van der Waals surface area contributed by atoms with Crippen LogP contribution in [-0.4, -0.2) is 19.9 Å². The molecule has 2 aromatic heterocycles. The van der Waals surface area contributed by atoms with Gasteiger partial charge in [-0.1, -0.05) is 15.9 Å². The third-order valence-corrected chi connectivity index (χ3v) is 3.65. The fraction of sp³-hybridized carbons (Fsp3) is 0. The Morgan fingerprint density at radius 3 is 2.72 bits per heavy atom. The predicted molar refractivity (Wildman–Crippen MR) is 76.9 cm³/mol. The minimum Gasteiger partial charge on any atom is -0.382 e. The van der Waals surface area contributed by atoms with Gasteiger partial charge in [-0.15, -0.1) is 0 Å². The van der Waals surface area contributed by atoms with E-state index in [1.165, 1.54) is 6.33 Å². The molecule has 0 amide bonds. The molecule has 18 heavy (non-hydrogen) atoms. The Labute approximate surface area is 119 Å². The summed E-state index contributed by atoms with van der Waals surface area (Å²) >= 11 is 6.91. The van der Waals surface area contributed by atoms with Crippen molar-refractivity contribution in [3.8, 4) is 11.4 Å². The number of halogens is 2. The van der Waals surface area contributed by atoms with Gasteiger partial charge in [-0.2, -0.15) is 0 Å². The molecule has 0 saturated carbocycles. The Bertz CT molecular complexity index is 737. The van der Waals surface area contributed by atoms with Crippen molar-refractivity contribution in [2.24, 2.45) is 0 Å². The van der Waals surface area contributed by atoms with Crippen molar-refractivity contribution in [2.45, 2.75) is 0 Å². The van der Waals surface area contributed by atoms with Gasteiger partial charge in [0.2, 0.25) is 0 Å². The van der Waals surface area contributed by atoms with Gasteiger partial charge >= 0.3 is 0 Å². The van der Waals surface area contributed by atoms with Crippen LogP contribution in [0.5, 0.6) is 0 Å². The van der Waals surface area contributed by atoms with Crippen molar-refractivity contribution in [1.29, 1.82) is 0 Å². The largest absolute Gasteiger partial charge is 0.382 e. The topological polar surface area (TPSA) is 80.5 Å². The molecule has 0 fully saturated rings. The highest BCUT2D eigenvalue weighted by molar-refractivity contribution is 9.11. The van der Waals surface area contributed by atoms with Crippen LogP contribution in [-0.2, 0) is 0 Å². The Balaban J connectivity index is 2.23. The first kappa shape index (κ1) is 11.6. The molecule has 2 heterocycles. The fourth-order valence-electron chi connectivity index (χ4n) is 1.66. The van der Waals surface area contributed by atoms with E-state index in [9.17, 15) is 0 Å². The second-order valence-corrected chi connectivity index (χ2v) is 5.44. The number of anilines is 1. The monoisotopic (exact) mass is 367 g/mol. The molecule has 3 aromatic rings. The third kappa shape index (κ3) is 1.89. The van der Waals surface area contributed by atoms with Gasteiger partial charge in [-0.05, 0) is 34.1 Å². The van der Waals surface area contributed by atoms with Crippen LogP contribution in [0.25, 0.3) is 22.6 Å². The van der Waals surface area contributed by atoms with Gasteiger partial charge in [0.25, 0.3) is 0 Å². The summed E-state index contributed by atoms with van der Waals surface area (Å²) in [5.41, 5.74) is 7.93. The summed E-state index contributed by atoms with van der Waals surface area (Å²) < 4.78 is 1.93. The minimum absolute atomic E-state index is 0.395. The summed E-state index contributed by atoms with van der Waals surface area (Å²) in [4.78, 5) is 15.5. The minimum atomic E-state index is 0.395. The summed E-state index contributed by atoms with van der Waals surface area (Å²) in [5.74, 6) is 1.10. The zero-order valence-corrected chi connectivity index (χ0v) is 12.2. The van der Waals surface area contributed by atoms with Crippen LogP contribution in [0.4, 0.5) is 5.82 Å². The van der Waals surface area contributed by atoms with Gasteiger partial charge in [0.15, 0.2) is 11.5 Å². The molecule has 0 radical (unpaired) electrons. The standard InChI is InChI=1S/C11H7Br2N5/c12-5-1-2-6(7(13)3-5)10-17-8-9(14)15-4-16-11(8)18-10/h1-4H,(H3,14,15,16,17,18). The highest BCUT2D eigenvalue weighted by Crippen LogP contribution is 2.30. The van der Waals surface area contributed by atoms with E-state index in [0.717, 1.165) is 14.5 Å². The maximum Gasteiger partial charge on any atom is 0.183 e. The van der Waals surface area contributed by atoms with Crippen LogP contribution >= 0.6 is 31.9 Å². The molecule has 7 heteroatoms. The second kappa shape index (κ2) is 4.33. The highest BCUT2D eigenvalue weighted by atomic mass is 79.9. The van der Waals surface area contributed by atoms with Crippen molar-refractivity contribution in [2.75, 3.05) is 5.73 Å². The predicted octanol–water partition coefficient (Wildman–Crippen LogP) is 3.13. The maximum absolute atomic E-state index is 5.77. The number of nitrogen functional groups attached to an aromatic ring is 1. The van der Waals surface area contributed by atoms with Crippen LogP contribution in [0.15, 0.2) is 33.5 Å². The Morgan fingerprint density at radius 1 is 1.17 bits per heavy atom. The molecule has 0 atom stereocenters. The average molecular weight is 369 g/mol. The molecule has 0 spiro atoms. The van der Waals surface area contributed by atoms with E-state index in [0.29, 0.717) is 22.8 Å². The van der Waals surface area contributed by atoms with E-state index in [-0.39, 0.29) is 0 Å². The van der Waals surface area contributed by atoms with Gasteiger partial charge in [-0.3, -0.25) is 0 Å². The van der Waals surface area contributed by atoms with Crippen molar-refractivity contribution in [3.63, 3.8) is 0 Å². The number of fused-ring (bicyclic) bond motifs is 1. The van der Waals surface area contributed by atoms with Gasteiger partial charge in [0.1, 0.15) is 17.7 Å². The SMILES string of the molecule is Nc1ncnc2nc(-c3ccc(Br)cc3Br)[nH]c12. The molecular formula is C11H7Br2N5. The molecule has 90 valence electrons. The molecule has 0 aliphatic carbocycles. The van der Waals surface area contributed by atoms with Crippen LogP contribution < -0.4 is 5.73 Å². The second-order valence-electron chi connectivity index (χ2n) is 3.67. The summed E-state index contributed by atoms with van der Waals surface area (Å²) in [5, 5.41) is 0. The van der Waals surface area contributed by atoms with Gasteiger partial charge in [0.05, 0.1) is 0 Å². The average Bonchev–Trinajstić information content (AvgIpc) is 2.74. The lowest BCUT2D eigenvalue weighted by Crippen LogP contribution is -1.91. The van der Waals surface area contributed by atoms with E-state index in [4.69, 9.17) is 5.73 Å². The molecule has 0 saturated heterocycles. The van der Waals surface area contributed by atoms with Crippen LogP contribution in [0.3, 0.4) is 0 Å². The van der Waals surface area contributed by atoms with Gasteiger partial charge < -0.3 is 10.7 Å². The summed E-state index contributed by atoms with van der Waals surface area (Å²) in [6.07, 6.45) is 1.40. The molecule has 3 rings (SSSR count). The number of imidazole rings is 1. The van der Waals surface area contributed by atoms with Crippen LogP contribution in [0.1, 0.15) is 0 Å². The summed E-state index contributed by atoms with van der Waals surface area (Å²) in [7, 11) is 0. The number of hydrogen-bond acceptors (Lipinski definition) is 4. The fourth-order valence-corrected chi connectivity index (χ4v) is 2.89. The lowest BCUT2D eigenvalue weighted by molar-refractivity contribution is 1.21. The third-order valence-electron chi connectivity index (χ3n) is 2.50. The molecular weight excluding hydrogens is 362 g/mol. The quantitative estimate of drug-likeness (QED) is 0.691. The molecule has 1 aromatic carbocycles. The molecule has 3 N–H and O–H groups in total. The first-order chi connectivity index (χ1) is 8.65. The lowest BCUT2D eigenvalue weighted by Gasteiger charge is -2.00. The van der Waals surface area contributed by atoms with Crippen LogP contribution in [0, 0.1) is 0 Å². The number of rotatable bonds is 1. The normalized spacial score (nSPS) is 11.0. The number of aromatic amines is 1. The lowest BCUT2D eigenvalue weighted by atomic mass is 10.2. The Kier molecular flexibility index (Phi) is 2.79. The molecule has 0 aliphatic heterocycles. The number of benzene rings is 1. The van der Waals surface area contributed by atoms with Crippen molar-refractivity contribution in [1.82, 2.24) is 19.9 Å². The number of nitrogens with one attached hydrogen (secondary N) is 1.